The minimum absolute atomic E-state index is 0. The Balaban J connectivity index is -0.00000000381. The first-order chi connectivity index (χ1) is 2.00. The Labute approximate surface area is 105 Å². The first-order valence-electron chi connectivity index (χ1n) is 0.783. The molecule has 82 valence electrons. The normalized spacial score (nSPS) is 4.92. The summed E-state index contributed by atoms with van der Waals surface area (Å²) < 4.78 is 8.88. The van der Waals surface area contributed by atoms with Crippen LogP contribution in [0.4, 0.5) is 9.41 Å². The van der Waals surface area contributed by atoms with Crippen LogP contribution in [0, 0.1) is 0 Å². The van der Waals surface area contributed by atoms with Crippen LogP contribution in [-0.2, 0) is 4.57 Å². The predicted octanol–water partition coefficient (Wildman–Crippen LogP) is 0.415. The molecule has 0 saturated heterocycles. The summed E-state index contributed by atoms with van der Waals surface area (Å²) in [6.07, 6.45) is 0. The van der Waals surface area contributed by atoms with Gasteiger partial charge in [0.05, 0.1) is 0 Å². The minimum atomic E-state index is -4.64. The predicted molar refractivity (Wildman–Crippen MR) is 55.4 cm³/mol. The van der Waals surface area contributed by atoms with Gasteiger partial charge in [-0.05, 0) is 0 Å². The van der Waals surface area contributed by atoms with Gasteiger partial charge < -0.3 is 14.7 Å². The van der Waals surface area contributed by atoms with Crippen molar-refractivity contribution < 1.29 is 28.7 Å². The number of hydrogen-bond donors (Lipinski definition) is 3. The molecule has 0 spiro atoms. The summed E-state index contributed by atoms with van der Waals surface area (Å²) in [5, 5.41) is 0. The third-order valence-corrected chi connectivity index (χ3v) is 0. The summed E-state index contributed by atoms with van der Waals surface area (Å²) in [4.78, 5) is 21.6. The Morgan fingerprint density at radius 2 is 0.750 bits per heavy atom. The average Bonchev–Trinajstić information content (AvgIpc) is 0.722. The van der Waals surface area contributed by atoms with Gasteiger partial charge in [-0.1, -0.05) is 0 Å². The standard InChI is InChI=1S/4ClH.2FH.Li.H3O4P.H/c;;;;;;;1-5(2,3)4;/h6*1H;;(H3,1,2,3,4);. The van der Waals surface area contributed by atoms with Crippen molar-refractivity contribution in [3.05, 3.63) is 0 Å². The molecule has 4 nitrogen and oxygen atoms in total. The van der Waals surface area contributed by atoms with Crippen molar-refractivity contribution in [1.29, 1.82) is 0 Å². The number of phosphoric acid groups is 1. The fourth-order valence-electron chi connectivity index (χ4n) is 0. The SMILES string of the molecule is Cl.Cl.Cl.Cl.F.F.O=P(O)(O)O.[LiH]. The number of hydrogen-bond acceptors (Lipinski definition) is 1. The van der Waals surface area contributed by atoms with Gasteiger partial charge >= 0.3 is 26.7 Å². The summed E-state index contributed by atoms with van der Waals surface area (Å²) in [5.74, 6) is 0. The van der Waals surface area contributed by atoms with E-state index in [-0.39, 0.29) is 77.9 Å². The molecule has 0 unspecified atom stereocenters. The van der Waals surface area contributed by atoms with E-state index in [1.165, 1.54) is 0 Å². The van der Waals surface area contributed by atoms with E-state index >= 15 is 0 Å². The Hall–Kier alpha value is 1.73. The van der Waals surface area contributed by atoms with Gasteiger partial charge in [0.1, 0.15) is 0 Å². The van der Waals surface area contributed by atoms with Crippen molar-refractivity contribution in [1.82, 2.24) is 0 Å². The van der Waals surface area contributed by atoms with Crippen LogP contribution in [0.2, 0.25) is 0 Å². The van der Waals surface area contributed by atoms with Gasteiger partial charge in [0, 0.05) is 0 Å². The molecule has 0 saturated carbocycles. The molecule has 0 radical (unpaired) electrons. The van der Waals surface area contributed by atoms with Gasteiger partial charge in [-0.2, -0.15) is 0 Å². The molecular weight excluding hydrogens is 282 g/mol. The summed E-state index contributed by atoms with van der Waals surface area (Å²) in [5.41, 5.74) is 0. The van der Waals surface area contributed by atoms with Crippen molar-refractivity contribution in [2.24, 2.45) is 0 Å². The molecule has 0 aliphatic rings. The van der Waals surface area contributed by atoms with Crippen molar-refractivity contribution in [3.8, 4) is 0 Å². The summed E-state index contributed by atoms with van der Waals surface area (Å²) in [6, 6.07) is 0. The molecule has 0 atom stereocenters. The van der Waals surface area contributed by atoms with Gasteiger partial charge in [0.2, 0.25) is 0 Å². The van der Waals surface area contributed by atoms with E-state index in [1.807, 2.05) is 0 Å². The zero-order chi connectivity index (χ0) is 4.50. The van der Waals surface area contributed by atoms with Crippen LogP contribution in [0.3, 0.4) is 0 Å². The zero-order valence-corrected chi connectivity index (χ0v) is 8.81. The van der Waals surface area contributed by atoms with E-state index in [0.29, 0.717) is 0 Å². The summed E-state index contributed by atoms with van der Waals surface area (Å²) >= 11 is 0. The van der Waals surface area contributed by atoms with Gasteiger partial charge in [-0.3, -0.25) is 9.41 Å². The molecule has 12 heteroatoms. The van der Waals surface area contributed by atoms with Crippen molar-refractivity contribution in [2.75, 3.05) is 0 Å². The second-order valence-corrected chi connectivity index (χ2v) is 1.54. The van der Waals surface area contributed by atoms with E-state index in [9.17, 15) is 0 Å². The Kier molecular flexibility index (Phi) is 166. The van der Waals surface area contributed by atoms with Crippen LogP contribution in [0.1, 0.15) is 0 Å². The van der Waals surface area contributed by atoms with Crippen molar-refractivity contribution >= 4 is 76.3 Å². The maximum absolute atomic E-state index is 8.88. The Bertz CT molecular complexity index is 71.2. The second kappa shape index (κ2) is 29.3. The molecule has 0 fully saturated rings. The molecule has 0 aromatic carbocycles. The number of halogens is 6. The molecule has 12 heavy (non-hydrogen) atoms. The van der Waals surface area contributed by atoms with Crippen LogP contribution in [0.5, 0.6) is 0 Å². The first kappa shape index (κ1) is 67.8. The van der Waals surface area contributed by atoms with Gasteiger partial charge in [0.25, 0.3) is 0 Å². The quantitative estimate of drug-likeness (QED) is 0.446. The molecule has 0 amide bonds. The fourth-order valence-corrected chi connectivity index (χ4v) is 0. The summed E-state index contributed by atoms with van der Waals surface area (Å²) in [6.45, 7) is 0. The van der Waals surface area contributed by atoms with E-state index in [1.54, 1.807) is 0 Å². The monoisotopic (exact) mass is 290 g/mol. The van der Waals surface area contributed by atoms with Gasteiger partial charge in [-0.25, -0.2) is 4.57 Å². The molecule has 0 heterocycles. The van der Waals surface area contributed by atoms with Crippen LogP contribution in [0.15, 0.2) is 0 Å². The Morgan fingerprint density at radius 1 is 0.750 bits per heavy atom. The number of rotatable bonds is 0. The topological polar surface area (TPSA) is 77.8 Å². The molecular formula is H10Cl4F2LiO4P. The van der Waals surface area contributed by atoms with Gasteiger partial charge in [0.15, 0.2) is 0 Å². The zero-order valence-electron chi connectivity index (χ0n) is 4.65. The Morgan fingerprint density at radius 3 is 0.750 bits per heavy atom. The fraction of sp³-hybridized carbons (Fsp3) is 0. The molecule has 0 aromatic rings. The molecule has 0 aliphatic carbocycles. The molecule has 0 bridgehead atoms. The average molecular weight is 292 g/mol. The molecule has 0 aliphatic heterocycles. The van der Waals surface area contributed by atoms with E-state index in [0.717, 1.165) is 0 Å². The molecule has 0 rings (SSSR count). The van der Waals surface area contributed by atoms with Crippen molar-refractivity contribution in [3.63, 3.8) is 0 Å². The first-order valence-corrected chi connectivity index (χ1v) is 2.35. The van der Waals surface area contributed by atoms with Crippen LogP contribution >= 0.6 is 57.5 Å². The van der Waals surface area contributed by atoms with Gasteiger partial charge in [-0.15, -0.1) is 49.6 Å². The maximum atomic E-state index is 8.88. The van der Waals surface area contributed by atoms with E-state index < -0.39 is 7.82 Å². The van der Waals surface area contributed by atoms with E-state index in [2.05, 4.69) is 0 Å². The van der Waals surface area contributed by atoms with E-state index in [4.69, 9.17) is 19.2 Å². The van der Waals surface area contributed by atoms with Crippen LogP contribution < -0.4 is 0 Å². The van der Waals surface area contributed by atoms with Crippen LogP contribution in [0.25, 0.3) is 0 Å². The van der Waals surface area contributed by atoms with Crippen LogP contribution in [-0.4, -0.2) is 33.5 Å². The third-order valence-electron chi connectivity index (χ3n) is 0. The third kappa shape index (κ3) is 452. The second-order valence-electron chi connectivity index (χ2n) is 0.513. The summed E-state index contributed by atoms with van der Waals surface area (Å²) in [7, 11) is -4.64. The van der Waals surface area contributed by atoms with Crippen molar-refractivity contribution in [2.45, 2.75) is 0 Å². The molecule has 3 N–H and O–H groups in total. The molecule has 0 aromatic heterocycles.